The second-order valence-electron chi connectivity index (χ2n) is 9.90. The van der Waals surface area contributed by atoms with E-state index in [0.29, 0.717) is 35.4 Å². The Kier molecular flexibility index (Phi) is 7.93. The largest absolute Gasteiger partial charge is 0.489 e. The first-order chi connectivity index (χ1) is 19.9. The Bertz CT molecular complexity index is 1710. The number of carbonyl (C=O) groups excluding carboxylic acids is 2. The van der Waals surface area contributed by atoms with Crippen LogP contribution in [-0.4, -0.2) is 33.0 Å². The van der Waals surface area contributed by atoms with Gasteiger partial charge in [-0.05, 0) is 73.4 Å². The number of hydrogen-bond acceptors (Lipinski definition) is 5. The lowest BCUT2D eigenvalue weighted by Gasteiger charge is -2.27. The standard InChI is InChI=1S/C34H30N4O3/c1-4-17-37-33(39)29(24(3)30(20-35)34(37)40)19-27-21-38(28-13-9-6-10-14-28)36-32(27)26-15-16-31(23(2)18-26)41-22-25-11-7-5-8-12-25/h5-16,18-19,21H,4,17,22H2,1-3H3/b29-19+. The van der Waals surface area contributed by atoms with Crippen LogP contribution in [0.25, 0.3) is 23.0 Å². The minimum Gasteiger partial charge on any atom is -0.489 e. The Balaban J connectivity index is 1.58. The normalized spacial score (nSPS) is 14.5. The Morgan fingerprint density at radius 2 is 1.66 bits per heavy atom. The molecule has 0 saturated carbocycles. The molecule has 2 heterocycles. The highest BCUT2D eigenvalue weighted by atomic mass is 16.5. The molecule has 0 bridgehead atoms. The first kappa shape index (κ1) is 27.4. The summed E-state index contributed by atoms with van der Waals surface area (Å²) in [7, 11) is 0. The first-order valence-corrected chi connectivity index (χ1v) is 13.5. The van der Waals surface area contributed by atoms with Crippen LogP contribution in [0.5, 0.6) is 5.75 Å². The van der Waals surface area contributed by atoms with Gasteiger partial charge in [-0.2, -0.15) is 10.4 Å². The number of carbonyl (C=O) groups is 2. The van der Waals surface area contributed by atoms with Gasteiger partial charge < -0.3 is 4.74 Å². The van der Waals surface area contributed by atoms with Crippen LogP contribution in [0.3, 0.4) is 0 Å². The highest BCUT2D eigenvalue weighted by molar-refractivity contribution is 6.19. The van der Waals surface area contributed by atoms with E-state index in [1.165, 1.54) is 0 Å². The molecular weight excluding hydrogens is 512 g/mol. The van der Waals surface area contributed by atoms with Crippen molar-refractivity contribution in [2.75, 3.05) is 6.54 Å². The molecule has 7 heteroatoms. The predicted octanol–water partition coefficient (Wildman–Crippen LogP) is 6.43. The maximum absolute atomic E-state index is 13.5. The Morgan fingerprint density at radius 1 is 0.951 bits per heavy atom. The van der Waals surface area contributed by atoms with E-state index in [2.05, 4.69) is 0 Å². The SMILES string of the molecule is CCCN1C(=O)C(C#N)=C(C)/C(=C\c2cn(-c3ccccc3)nc2-c2ccc(OCc3ccccc3)c(C)c2)C1=O. The lowest BCUT2D eigenvalue weighted by atomic mass is 9.93. The number of imide groups is 1. The van der Waals surface area contributed by atoms with E-state index in [4.69, 9.17) is 9.84 Å². The molecule has 1 aliphatic heterocycles. The van der Waals surface area contributed by atoms with E-state index in [9.17, 15) is 14.9 Å². The Labute approximate surface area is 239 Å². The van der Waals surface area contributed by atoms with Gasteiger partial charge in [0.15, 0.2) is 0 Å². The monoisotopic (exact) mass is 542 g/mol. The summed E-state index contributed by atoms with van der Waals surface area (Å²) in [5.74, 6) is -0.183. The van der Waals surface area contributed by atoms with Crippen LogP contribution in [0, 0.1) is 18.3 Å². The molecule has 204 valence electrons. The predicted molar refractivity (Wildman–Crippen MR) is 158 cm³/mol. The fourth-order valence-corrected chi connectivity index (χ4v) is 4.84. The second kappa shape index (κ2) is 11.9. The van der Waals surface area contributed by atoms with E-state index < -0.39 is 11.8 Å². The van der Waals surface area contributed by atoms with Crippen LogP contribution in [0.4, 0.5) is 0 Å². The van der Waals surface area contributed by atoms with Gasteiger partial charge in [0.1, 0.15) is 24.0 Å². The summed E-state index contributed by atoms with van der Waals surface area (Å²) in [4.78, 5) is 27.4. The molecular formula is C34H30N4O3. The third-order valence-corrected chi connectivity index (χ3v) is 7.02. The van der Waals surface area contributed by atoms with Crippen LogP contribution in [0.15, 0.2) is 102 Å². The van der Waals surface area contributed by atoms with Gasteiger partial charge in [0, 0.05) is 29.4 Å². The highest BCUT2D eigenvalue weighted by Crippen LogP contribution is 2.33. The Hall–Kier alpha value is -5.22. The smallest absolute Gasteiger partial charge is 0.271 e. The number of nitrogens with zero attached hydrogens (tertiary/aromatic N) is 4. The van der Waals surface area contributed by atoms with Crippen molar-refractivity contribution in [3.8, 4) is 28.8 Å². The van der Waals surface area contributed by atoms with Crippen molar-refractivity contribution < 1.29 is 14.3 Å². The quantitative estimate of drug-likeness (QED) is 0.189. The van der Waals surface area contributed by atoms with Gasteiger partial charge in [-0.3, -0.25) is 14.5 Å². The van der Waals surface area contributed by atoms with E-state index in [0.717, 1.165) is 33.0 Å². The minimum absolute atomic E-state index is 0.0166. The van der Waals surface area contributed by atoms with Gasteiger partial charge >= 0.3 is 0 Å². The molecule has 0 saturated heterocycles. The van der Waals surface area contributed by atoms with E-state index in [-0.39, 0.29) is 12.1 Å². The van der Waals surface area contributed by atoms with Crippen LogP contribution in [0.1, 0.15) is 37.0 Å². The van der Waals surface area contributed by atoms with Gasteiger partial charge in [-0.15, -0.1) is 0 Å². The average molecular weight is 543 g/mol. The second-order valence-corrected chi connectivity index (χ2v) is 9.90. The van der Waals surface area contributed by atoms with Gasteiger partial charge in [-0.1, -0.05) is 55.5 Å². The van der Waals surface area contributed by atoms with Crippen molar-refractivity contribution in [1.82, 2.24) is 14.7 Å². The van der Waals surface area contributed by atoms with Crippen molar-refractivity contribution in [3.05, 3.63) is 118 Å². The van der Waals surface area contributed by atoms with Crippen molar-refractivity contribution in [2.24, 2.45) is 0 Å². The molecule has 0 fully saturated rings. The number of nitriles is 1. The van der Waals surface area contributed by atoms with Gasteiger partial charge in [-0.25, -0.2) is 4.68 Å². The molecule has 0 spiro atoms. The number of rotatable bonds is 8. The first-order valence-electron chi connectivity index (χ1n) is 13.5. The number of amides is 2. The molecule has 3 aromatic carbocycles. The summed E-state index contributed by atoms with van der Waals surface area (Å²) < 4.78 is 7.85. The van der Waals surface area contributed by atoms with Crippen LogP contribution in [-0.2, 0) is 16.2 Å². The molecule has 4 aromatic rings. The summed E-state index contributed by atoms with van der Waals surface area (Å²) in [5.41, 5.74) is 5.76. The van der Waals surface area contributed by atoms with Crippen LogP contribution < -0.4 is 4.74 Å². The summed E-state index contributed by atoms with van der Waals surface area (Å²) >= 11 is 0. The van der Waals surface area contributed by atoms with Crippen molar-refractivity contribution in [1.29, 1.82) is 5.26 Å². The molecule has 5 rings (SSSR count). The highest BCUT2D eigenvalue weighted by Gasteiger charge is 2.35. The molecule has 0 atom stereocenters. The number of aromatic nitrogens is 2. The fraction of sp³-hybridized carbons (Fsp3) is 0.176. The third kappa shape index (κ3) is 5.59. The molecule has 1 aromatic heterocycles. The Morgan fingerprint density at radius 3 is 2.32 bits per heavy atom. The number of para-hydroxylation sites is 1. The van der Waals surface area contributed by atoms with Gasteiger partial charge in [0.25, 0.3) is 11.8 Å². The van der Waals surface area contributed by atoms with E-state index in [1.807, 2.05) is 105 Å². The maximum atomic E-state index is 13.5. The number of aryl methyl sites for hydroxylation is 1. The van der Waals surface area contributed by atoms with E-state index in [1.54, 1.807) is 17.7 Å². The topological polar surface area (TPSA) is 88.2 Å². The lowest BCUT2D eigenvalue weighted by molar-refractivity contribution is -0.140. The zero-order valence-corrected chi connectivity index (χ0v) is 23.3. The summed E-state index contributed by atoms with van der Waals surface area (Å²) in [6, 6.07) is 27.6. The third-order valence-electron chi connectivity index (χ3n) is 7.02. The molecule has 41 heavy (non-hydrogen) atoms. The summed E-state index contributed by atoms with van der Waals surface area (Å²) in [5, 5.41) is 14.6. The number of hydrogen-bond donors (Lipinski definition) is 0. The van der Waals surface area contributed by atoms with Gasteiger partial charge in [0.05, 0.1) is 11.4 Å². The summed E-state index contributed by atoms with van der Waals surface area (Å²) in [6.45, 7) is 6.23. The molecule has 2 amide bonds. The van der Waals surface area contributed by atoms with Crippen LogP contribution >= 0.6 is 0 Å². The van der Waals surface area contributed by atoms with Crippen molar-refractivity contribution in [2.45, 2.75) is 33.8 Å². The lowest BCUT2D eigenvalue weighted by Crippen LogP contribution is -2.43. The molecule has 0 N–H and O–H groups in total. The number of benzene rings is 3. The van der Waals surface area contributed by atoms with Gasteiger partial charge in [0.2, 0.25) is 0 Å². The minimum atomic E-state index is -0.545. The number of ether oxygens (including phenoxy) is 1. The maximum Gasteiger partial charge on any atom is 0.271 e. The molecule has 0 radical (unpaired) electrons. The molecule has 1 aliphatic rings. The summed E-state index contributed by atoms with van der Waals surface area (Å²) in [6.07, 6.45) is 4.19. The van der Waals surface area contributed by atoms with Crippen LogP contribution in [0.2, 0.25) is 0 Å². The zero-order chi connectivity index (χ0) is 28.9. The molecule has 7 nitrogen and oxygen atoms in total. The fourth-order valence-electron chi connectivity index (χ4n) is 4.84. The molecule has 0 unspecified atom stereocenters. The molecule has 0 aliphatic carbocycles. The zero-order valence-electron chi connectivity index (χ0n) is 23.3. The van der Waals surface area contributed by atoms with Crippen molar-refractivity contribution in [3.63, 3.8) is 0 Å². The average Bonchev–Trinajstić information content (AvgIpc) is 3.42. The van der Waals surface area contributed by atoms with Crippen molar-refractivity contribution >= 4 is 17.9 Å². The van der Waals surface area contributed by atoms with E-state index >= 15 is 0 Å².